The minimum absolute atomic E-state index is 0.0231. The molecule has 25 heavy (non-hydrogen) atoms. The van der Waals surface area contributed by atoms with Gasteiger partial charge in [-0.05, 0) is 36.8 Å². The number of thioether (sulfide) groups is 1. The number of amides is 2. The van der Waals surface area contributed by atoms with Crippen LogP contribution in [-0.4, -0.2) is 28.5 Å². The number of halogens is 1. The van der Waals surface area contributed by atoms with E-state index in [2.05, 4.69) is 0 Å². The van der Waals surface area contributed by atoms with E-state index >= 15 is 0 Å². The molecule has 0 saturated heterocycles. The van der Waals surface area contributed by atoms with Gasteiger partial charge in [-0.3, -0.25) is 9.59 Å². The Bertz CT molecular complexity index is 707. The van der Waals surface area contributed by atoms with Crippen LogP contribution in [0, 0.1) is 0 Å². The lowest BCUT2D eigenvalue weighted by atomic mass is 10.2. The molecular weight excluding hydrogens is 356 g/mol. The molecule has 0 saturated carbocycles. The molecule has 0 spiro atoms. The van der Waals surface area contributed by atoms with Gasteiger partial charge in [-0.25, -0.2) is 0 Å². The lowest BCUT2D eigenvalue weighted by Gasteiger charge is -2.25. The summed E-state index contributed by atoms with van der Waals surface area (Å²) in [4.78, 5) is 26.7. The standard InChI is InChI=1S/C19H21ClN2O2S/c1-14(25-17-9-7-16(20)8-10-17)19(24)22(12-11-18(21)23)13-15-5-3-2-4-6-15/h2-10,14H,11-13H2,1H3,(H2,21,23). The van der Waals surface area contributed by atoms with Gasteiger partial charge in [0.25, 0.3) is 0 Å². The molecule has 2 amide bonds. The third-order valence-corrected chi connectivity index (χ3v) is 4.98. The number of benzene rings is 2. The number of carbonyl (C=O) groups excluding carboxylic acids is 2. The number of nitrogens with zero attached hydrogens (tertiary/aromatic N) is 1. The van der Waals surface area contributed by atoms with Crippen molar-refractivity contribution in [3.05, 3.63) is 65.2 Å². The summed E-state index contributed by atoms with van der Waals surface area (Å²) in [5.41, 5.74) is 6.27. The summed E-state index contributed by atoms with van der Waals surface area (Å²) in [5, 5.41) is 0.383. The van der Waals surface area contributed by atoms with Gasteiger partial charge in [-0.1, -0.05) is 41.9 Å². The van der Waals surface area contributed by atoms with Gasteiger partial charge in [-0.2, -0.15) is 0 Å². The van der Waals surface area contributed by atoms with E-state index in [1.807, 2.05) is 49.4 Å². The van der Waals surface area contributed by atoms with E-state index in [9.17, 15) is 9.59 Å². The first-order valence-corrected chi connectivity index (χ1v) is 9.24. The number of nitrogens with two attached hydrogens (primary N) is 1. The van der Waals surface area contributed by atoms with Crippen molar-refractivity contribution in [2.45, 2.75) is 30.0 Å². The predicted molar refractivity (Wildman–Crippen MR) is 102 cm³/mol. The van der Waals surface area contributed by atoms with Crippen molar-refractivity contribution in [2.75, 3.05) is 6.54 Å². The number of rotatable bonds is 8. The van der Waals surface area contributed by atoms with Crippen molar-refractivity contribution in [2.24, 2.45) is 5.73 Å². The molecular formula is C19H21ClN2O2S. The van der Waals surface area contributed by atoms with E-state index in [0.717, 1.165) is 10.5 Å². The largest absolute Gasteiger partial charge is 0.370 e. The molecule has 2 N–H and O–H groups in total. The summed E-state index contributed by atoms with van der Waals surface area (Å²) < 4.78 is 0. The molecule has 2 aromatic rings. The van der Waals surface area contributed by atoms with E-state index in [1.54, 1.807) is 17.0 Å². The Kier molecular flexibility index (Phi) is 7.34. The number of primary amides is 1. The number of carbonyl (C=O) groups is 2. The van der Waals surface area contributed by atoms with Gasteiger partial charge >= 0.3 is 0 Å². The van der Waals surface area contributed by atoms with E-state index in [4.69, 9.17) is 17.3 Å². The van der Waals surface area contributed by atoms with Crippen LogP contribution in [0.1, 0.15) is 18.9 Å². The van der Waals surface area contributed by atoms with E-state index in [0.29, 0.717) is 18.1 Å². The summed E-state index contributed by atoms with van der Waals surface area (Å²) in [6, 6.07) is 17.1. The maximum Gasteiger partial charge on any atom is 0.236 e. The summed E-state index contributed by atoms with van der Waals surface area (Å²) in [6.07, 6.45) is 0.150. The van der Waals surface area contributed by atoms with Crippen molar-refractivity contribution in [1.82, 2.24) is 4.90 Å². The summed E-state index contributed by atoms with van der Waals surface area (Å²) in [5.74, 6) is -0.436. The SMILES string of the molecule is CC(Sc1ccc(Cl)cc1)C(=O)N(CCC(N)=O)Cc1ccccc1. The van der Waals surface area contributed by atoms with Crippen LogP contribution in [0.3, 0.4) is 0 Å². The smallest absolute Gasteiger partial charge is 0.236 e. The average Bonchev–Trinajstić information content (AvgIpc) is 2.60. The van der Waals surface area contributed by atoms with Crippen LogP contribution in [0.2, 0.25) is 5.02 Å². The van der Waals surface area contributed by atoms with Crippen molar-refractivity contribution in [3.63, 3.8) is 0 Å². The average molecular weight is 377 g/mol. The van der Waals surface area contributed by atoms with Gasteiger partial charge < -0.3 is 10.6 Å². The second-order valence-corrected chi connectivity index (χ2v) is 7.53. The molecule has 4 nitrogen and oxygen atoms in total. The maximum atomic E-state index is 12.9. The highest BCUT2D eigenvalue weighted by Gasteiger charge is 2.22. The molecule has 0 aromatic heterocycles. The van der Waals surface area contributed by atoms with E-state index in [-0.39, 0.29) is 17.6 Å². The van der Waals surface area contributed by atoms with Gasteiger partial charge in [0.15, 0.2) is 0 Å². The molecule has 0 aliphatic carbocycles. The van der Waals surface area contributed by atoms with Crippen molar-refractivity contribution < 1.29 is 9.59 Å². The summed E-state index contributed by atoms with van der Waals surface area (Å²) in [6.45, 7) is 2.64. The summed E-state index contributed by atoms with van der Waals surface area (Å²) >= 11 is 7.36. The van der Waals surface area contributed by atoms with Gasteiger partial charge in [0.2, 0.25) is 11.8 Å². The lowest BCUT2D eigenvalue weighted by molar-refractivity contribution is -0.131. The fourth-order valence-corrected chi connectivity index (χ4v) is 3.42. The fourth-order valence-electron chi connectivity index (χ4n) is 2.34. The minimum atomic E-state index is -0.413. The van der Waals surface area contributed by atoms with Crippen LogP contribution >= 0.6 is 23.4 Å². The van der Waals surface area contributed by atoms with Crippen molar-refractivity contribution in [3.8, 4) is 0 Å². The quantitative estimate of drug-likeness (QED) is 0.714. The molecule has 0 heterocycles. The Labute approximate surface area is 157 Å². The normalized spacial score (nSPS) is 11.8. The maximum absolute atomic E-state index is 12.9. The zero-order chi connectivity index (χ0) is 18.2. The first-order valence-electron chi connectivity index (χ1n) is 7.99. The third kappa shape index (κ3) is 6.44. The minimum Gasteiger partial charge on any atom is -0.370 e. The van der Waals surface area contributed by atoms with Crippen LogP contribution in [0.5, 0.6) is 0 Å². The van der Waals surface area contributed by atoms with E-state index in [1.165, 1.54) is 11.8 Å². The Balaban J connectivity index is 2.06. The molecule has 0 aliphatic heterocycles. The molecule has 1 unspecified atom stereocenters. The zero-order valence-corrected chi connectivity index (χ0v) is 15.6. The Morgan fingerprint density at radius 3 is 2.36 bits per heavy atom. The Morgan fingerprint density at radius 2 is 1.76 bits per heavy atom. The van der Waals surface area contributed by atoms with Crippen LogP contribution in [-0.2, 0) is 16.1 Å². The van der Waals surface area contributed by atoms with Crippen LogP contribution in [0.4, 0.5) is 0 Å². The number of hydrogen-bond acceptors (Lipinski definition) is 3. The zero-order valence-electron chi connectivity index (χ0n) is 14.0. The highest BCUT2D eigenvalue weighted by molar-refractivity contribution is 8.00. The second kappa shape index (κ2) is 9.49. The Hall–Kier alpha value is -1.98. The predicted octanol–water partition coefficient (Wildman–Crippen LogP) is 3.72. The van der Waals surface area contributed by atoms with Gasteiger partial charge in [-0.15, -0.1) is 11.8 Å². The molecule has 132 valence electrons. The first-order chi connectivity index (χ1) is 12.0. The molecule has 2 aromatic carbocycles. The molecule has 2 rings (SSSR count). The second-order valence-electron chi connectivity index (χ2n) is 5.68. The summed E-state index contributed by atoms with van der Waals surface area (Å²) in [7, 11) is 0. The molecule has 6 heteroatoms. The molecule has 0 bridgehead atoms. The van der Waals surface area contributed by atoms with Gasteiger partial charge in [0, 0.05) is 29.4 Å². The van der Waals surface area contributed by atoms with Crippen molar-refractivity contribution in [1.29, 1.82) is 0 Å². The van der Waals surface area contributed by atoms with Crippen molar-refractivity contribution >= 4 is 35.2 Å². The highest BCUT2D eigenvalue weighted by Crippen LogP contribution is 2.26. The number of hydrogen-bond donors (Lipinski definition) is 1. The molecule has 0 radical (unpaired) electrons. The van der Waals surface area contributed by atoms with Crippen LogP contribution < -0.4 is 5.73 Å². The Morgan fingerprint density at radius 1 is 1.12 bits per heavy atom. The molecule has 1 atom stereocenters. The van der Waals surface area contributed by atoms with Crippen LogP contribution in [0.25, 0.3) is 0 Å². The topological polar surface area (TPSA) is 63.4 Å². The molecule has 0 fully saturated rings. The third-order valence-electron chi connectivity index (χ3n) is 3.63. The van der Waals surface area contributed by atoms with Crippen LogP contribution in [0.15, 0.2) is 59.5 Å². The highest BCUT2D eigenvalue weighted by atomic mass is 35.5. The first kappa shape index (κ1) is 19.3. The fraction of sp³-hybridized carbons (Fsp3) is 0.263. The van der Waals surface area contributed by atoms with Gasteiger partial charge in [0.1, 0.15) is 0 Å². The van der Waals surface area contributed by atoms with Gasteiger partial charge in [0.05, 0.1) is 5.25 Å². The lowest BCUT2D eigenvalue weighted by Crippen LogP contribution is -2.38. The monoisotopic (exact) mass is 376 g/mol. The van der Waals surface area contributed by atoms with E-state index < -0.39 is 5.91 Å². The molecule has 0 aliphatic rings.